The second-order valence-electron chi connectivity index (χ2n) is 4.01. The van der Waals surface area contributed by atoms with E-state index in [0.29, 0.717) is 6.42 Å². The van der Waals surface area contributed by atoms with Crippen molar-refractivity contribution in [3.05, 3.63) is 35.9 Å². The SMILES string of the molecule is O=C(Cc1ccccc1)NC1NCN(CCS)S1. The van der Waals surface area contributed by atoms with Crippen molar-refractivity contribution in [2.45, 2.75) is 11.9 Å². The summed E-state index contributed by atoms with van der Waals surface area (Å²) >= 11 is 5.81. The van der Waals surface area contributed by atoms with Crippen LogP contribution in [0.1, 0.15) is 5.56 Å². The van der Waals surface area contributed by atoms with Gasteiger partial charge in [-0.15, -0.1) is 0 Å². The molecule has 0 spiro atoms. The van der Waals surface area contributed by atoms with Crippen LogP contribution in [0.5, 0.6) is 0 Å². The summed E-state index contributed by atoms with van der Waals surface area (Å²) in [5.74, 6) is 0.859. The van der Waals surface area contributed by atoms with Crippen molar-refractivity contribution < 1.29 is 4.79 Å². The minimum absolute atomic E-state index is 0.0268. The summed E-state index contributed by atoms with van der Waals surface area (Å²) in [4.78, 5) is 11.8. The predicted molar refractivity (Wildman–Crippen MR) is 78.2 cm³/mol. The van der Waals surface area contributed by atoms with Gasteiger partial charge in [0.05, 0.1) is 13.1 Å². The quantitative estimate of drug-likeness (QED) is 0.559. The van der Waals surface area contributed by atoms with Crippen LogP contribution in [-0.2, 0) is 11.2 Å². The molecule has 1 saturated heterocycles. The third-order valence-electron chi connectivity index (χ3n) is 2.56. The van der Waals surface area contributed by atoms with E-state index in [1.807, 2.05) is 30.3 Å². The number of thiol groups is 1. The molecule has 1 amide bonds. The fourth-order valence-corrected chi connectivity index (χ4v) is 3.06. The highest BCUT2D eigenvalue weighted by atomic mass is 32.2. The summed E-state index contributed by atoms with van der Waals surface area (Å²) in [5, 5.41) is 6.19. The van der Waals surface area contributed by atoms with Crippen molar-refractivity contribution in [1.29, 1.82) is 0 Å². The van der Waals surface area contributed by atoms with Crippen molar-refractivity contribution >= 4 is 30.5 Å². The molecule has 1 fully saturated rings. The van der Waals surface area contributed by atoms with Crippen molar-refractivity contribution in [2.24, 2.45) is 0 Å². The van der Waals surface area contributed by atoms with Gasteiger partial charge in [-0.3, -0.25) is 10.1 Å². The first-order valence-corrected chi connectivity index (χ1v) is 7.34. The van der Waals surface area contributed by atoms with Gasteiger partial charge in [0.2, 0.25) is 5.91 Å². The van der Waals surface area contributed by atoms with E-state index in [1.165, 1.54) is 0 Å². The average molecular weight is 283 g/mol. The first-order valence-electron chi connectivity index (χ1n) is 5.87. The molecule has 0 aliphatic carbocycles. The summed E-state index contributed by atoms with van der Waals surface area (Å²) in [6.45, 7) is 1.69. The third kappa shape index (κ3) is 4.20. The molecule has 6 heteroatoms. The summed E-state index contributed by atoms with van der Waals surface area (Å²) in [6.07, 6.45) is 0.423. The van der Waals surface area contributed by atoms with Gasteiger partial charge in [0.1, 0.15) is 5.50 Å². The van der Waals surface area contributed by atoms with Crippen LogP contribution in [0.25, 0.3) is 0 Å². The minimum atomic E-state index is -0.0268. The van der Waals surface area contributed by atoms with Crippen LogP contribution in [0, 0.1) is 0 Å². The van der Waals surface area contributed by atoms with E-state index in [-0.39, 0.29) is 11.4 Å². The molecule has 1 heterocycles. The first kappa shape index (κ1) is 13.7. The molecule has 0 saturated carbocycles. The average Bonchev–Trinajstić information content (AvgIpc) is 2.78. The van der Waals surface area contributed by atoms with Crippen LogP contribution in [0.2, 0.25) is 0 Å². The summed E-state index contributed by atoms with van der Waals surface area (Å²) < 4.78 is 2.15. The standard InChI is InChI=1S/C12H17N3OS2/c16-11(8-10-4-2-1-3-5-10)14-12-13-9-15(18-12)6-7-17/h1-5,12-13,17H,6-9H2,(H,14,16). The molecular formula is C12H17N3OS2. The lowest BCUT2D eigenvalue weighted by Gasteiger charge is -2.13. The Bertz CT molecular complexity index is 388. The van der Waals surface area contributed by atoms with Crippen LogP contribution in [0.15, 0.2) is 30.3 Å². The van der Waals surface area contributed by atoms with Crippen LogP contribution in [0.3, 0.4) is 0 Å². The fraction of sp³-hybridized carbons (Fsp3) is 0.417. The Hall–Kier alpha value is -0.690. The zero-order chi connectivity index (χ0) is 12.8. The number of hydrogen-bond acceptors (Lipinski definition) is 5. The van der Waals surface area contributed by atoms with Crippen molar-refractivity contribution in [3.8, 4) is 0 Å². The summed E-state index contributed by atoms with van der Waals surface area (Å²) in [5.41, 5.74) is 1.01. The van der Waals surface area contributed by atoms with E-state index in [1.54, 1.807) is 11.9 Å². The number of carbonyl (C=O) groups is 1. The van der Waals surface area contributed by atoms with Gasteiger partial charge in [0.25, 0.3) is 0 Å². The van der Waals surface area contributed by atoms with Gasteiger partial charge in [-0.2, -0.15) is 12.6 Å². The molecule has 1 atom stereocenters. The number of carbonyl (C=O) groups excluding carboxylic acids is 1. The predicted octanol–water partition coefficient (Wildman–Crippen LogP) is 1.07. The molecule has 0 aromatic heterocycles. The number of benzene rings is 1. The van der Waals surface area contributed by atoms with E-state index in [4.69, 9.17) is 0 Å². The highest BCUT2D eigenvalue weighted by Crippen LogP contribution is 2.18. The van der Waals surface area contributed by atoms with E-state index in [9.17, 15) is 4.79 Å². The Kier molecular flexibility index (Phi) is 5.37. The molecule has 1 unspecified atom stereocenters. The second kappa shape index (κ2) is 7.04. The lowest BCUT2D eigenvalue weighted by atomic mass is 10.1. The minimum Gasteiger partial charge on any atom is -0.330 e. The molecule has 4 nitrogen and oxygen atoms in total. The molecule has 2 rings (SSSR count). The Morgan fingerprint density at radius 3 is 3.00 bits per heavy atom. The fourth-order valence-electron chi connectivity index (χ4n) is 1.71. The molecular weight excluding hydrogens is 266 g/mol. The second-order valence-corrected chi connectivity index (χ2v) is 5.65. The zero-order valence-electron chi connectivity index (χ0n) is 10.0. The Labute approximate surface area is 117 Å². The van der Waals surface area contributed by atoms with Gasteiger partial charge in [0.15, 0.2) is 0 Å². The monoisotopic (exact) mass is 283 g/mol. The van der Waals surface area contributed by atoms with Gasteiger partial charge >= 0.3 is 0 Å². The Balaban J connectivity index is 1.75. The first-order chi connectivity index (χ1) is 8.78. The maximum atomic E-state index is 11.8. The molecule has 0 radical (unpaired) electrons. The van der Waals surface area contributed by atoms with Crippen LogP contribution in [0.4, 0.5) is 0 Å². The molecule has 2 N–H and O–H groups in total. The largest absolute Gasteiger partial charge is 0.330 e. The van der Waals surface area contributed by atoms with E-state index in [0.717, 1.165) is 24.5 Å². The number of amides is 1. The topological polar surface area (TPSA) is 44.4 Å². The molecule has 1 aliphatic rings. The smallest absolute Gasteiger partial charge is 0.226 e. The normalized spacial score (nSPS) is 19.9. The van der Waals surface area contributed by atoms with Crippen molar-refractivity contribution in [1.82, 2.24) is 14.9 Å². The molecule has 1 aromatic rings. The van der Waals surface area contributed by atoms with Gasteiger partial charge in [-0.1, -0.05) is 30.3 Å². The number of nitrogens with zero attached hydrogens (tertiary/aromatic N) is 1. The Morgan fingerprint density at radius 1 is 1.50 bits per heavy atom. The number of hydrogen-bond donors (Lipinski definition) is 3. The van der Waals surface area contributed by atoms with E-state index in [2.05, 4.69) is 27.6 Å². The van der Waals surface area contributed by atoms with Crippen LogP contribution >= 0.6 is 24.6 Å². The van der Waals surface area contributed by atoms with Crippen molar-refractivity contribution in [2.75, 3.05) is 19.0 Å². The number of nitrogens with one attached hydrogen (secondary N) is 2. The maximum Gasteiger partial charge on any atom is 0.226 e. The summed E-state index contributed by atoms with van der Waals surface area (Å²) in [6, 6.07) is 9.76. The van der Waals surface area contributed by atoms with Gasteiger partial charge < -0.3 is 5.32 Å². The van der Waals surface area contributed by atoms with Crippen LogP contribution < -0.4 is 10.6 Å². The van der Waals surface area contributed by atoms with Crippen LogP contribution in [-0.4, -0.2) is 34.7 Å². The lowest BCUT2D eigenvalue weighted by Crippen LogP contribution is -2.40. The van der Waals surface area contributed by atoms with E-state index >= 15 is 0 Å². The molecule has 18 heavy (non-hydrogen) atoms. The molecule has 0 bridgehead atoms. The van der Waals surface area contributed by atoms with E-state index < -0.39 is 0 Å². The molecule has 1 aromatic carbocycles. The Morgan fingerprint density at radius 2 is 2.28 bits per heavy atom. The number of rotatable bonds is 5. The van der Waals surface area contributed by atoms with Gasteiger partial charge in [-0.25, -0.2) is 4.31 Å². The lowest BCUT2D eigenvalue weighted by molar-refractivity contribution is -0.120. The summed E-state index contributed by atoms with van der Waals surface area (Å²) in [7, 11) is 0. The molecule has 1 aliphatic heterocycles. The van der Waals surface area contributed by atoms with Gasteiger partial charge in [0, 0.05) is 12.3 Å². The third-order valence-corrected chi connectivity index (χ3v) is 3.86. The highest BCUT2D eigenvalue weighted by Gasteiger charge is 2.23. The van der Waals surface area contributed by atoms with Crippen molar-refractivity contribution in [3.63, 3.8) is 0 Å². The molecule has 98 valence electrons. The highest BCUT2D eigenvalue weighted by molar-refractivity contribution is 7.97. The maximum absolute atomic E-state index is 11.8. The zero-order valence-corrected chi connectivity index (χ0v) is 11.7. The van der Waals surface area contributed by atoms with Gasteiger partial charge in [-0.05, 0) is 17.5 Å².